The van der Waals surface area contributed by atoms with Crippen molar-refractivity contribution in [3.05, 3.63) is 0 Å². The van der Waals surface area contributed by atoms with E-state index in [0.29, 0.717) is 0 Å². The van der Waals surface area contributed by atoms with E-state index in [1.807, 2.05) is 11.8 Å². The number of carbonyl (C=O) groups is 1. The Balaban J connectivity index is 2.28. The lowest BCUT2D eigenvalue weighted by atomic mass is 10.0. The van der Waals surface area contributed by atoms with Crippen molar-refractivity contribution < 1.29 is 9.53 Å². The fourth-order valence-corrected chi connectivity index (χ4v) is 1.92. The van der Waals surface area contributed by atoms with Gasteiger partial charge in [0.25, 0.3) is 0 Å². The molecule has 1 fully saturated rings. The topological polar surface area (TPSA) is 58.8 Å². The average Bonchev–Trinajstić information content (AvgIpc) is 2.28. The van der Waals surface area contributed by atoms with Crippen LogP contribution in [-0.2, 0) is 9.53 Å². The molecule has 0 bridgehead atoms. The molecule has 0 aromatic rings. The summed E-state index contributed by atoms with van der Waals surface area (Å²) >= 11 is 0. The molecule has 0 aliphatic carbocycles. The average molecular weight is 243 g/mol. The second-order valence-corrected chi connectivity index (χ2v) is 5.05. The number of nitrogens with zero attached hydrogens (tertiary/aromatic N) is 2. The van der Waals surface area contributed by atoms with Gasteiger partial charge >= 0.3 is 0 Å². The lowest BCUT2D eigenvalue weighted by molar-refractivity contribution is -0.137. The number of hydrogen-bond donors (Lipinski definition) is 1. The molecule has 1 aliphatic rings. The summed E-state index contributed by atoms with van der Waals surface area (Å²) in [5, 5.41) is 0. The van der Waals surface area contributed by atoms with Crippen LogP contribution in [0.2, 0.25) is 0 Å². The summed E-state index contributed by atoms with van der Waals surface area (Å²) in [5.41, 5.74) is 5.06. The van der Waals surface area contributed by atoms with Gasteiger partial charge in [0.2, 0.25) is 5.91 Å². The first-order valence-corrected chi connectivity index (χ1v) is 6.33. The molecule has 5 nitrogen and oxygen atoms in total. The van der Waals surface area contributed by atoms with Gasteiger partial charge in [0, 0.05) is 39.3 Å². The Bertz CT molecular complexity index is 243. The molecule has 0 unspecified atom stereocenters. The summed E-state index contributed by atoms with van der Waals surface area (Å²) in [6.45, 7) is 11.4. The van der Waals surface area contributed by atoms with Gasteiger partial charge in [0.1, 0.15) is 0 Å². The molecule has 1 rings (SSSR count). The molecule has 0 aromatic carbocycles. The van der Waals surface area contributed by atoms with Gasteiger partial charge in [-0.05, 0) is 20.8 Å². The third-order valence-corrected chi connectivity index (χ3v) is 2.97. The van der Waals surface area contributed by atoms with Gasteiger partial charge in [-0.3, -0.25) is 9.69 Å². The van der Waals surface area contributed by atoms with E-state index in [1.165, 1.54) is 0 Å². The summed E-state index contributed by atoms with van der Waals surface area (Å²) in [4.78, 5) is 16.1. The van der Waals surface area contributed by atoms with Crippen molar-refractivity contribution in [3.8, 4) is 0 Å². The van der Waals surface area contributed by atoms with Crippen molar-refractivity contribution >= 4 is 5.91 Å². The lowest BCUT2D eigenvalue weighted by Crippen LogP contribution is -2.57. The number of piperazine rings is 1. The van der Waals surface area contributed by atoms with Crippen molar-refractivity contribution in [1.29, 1.82) is 0 Å². The summed E-state index contributed by atoms with van der Waals surface area (Å²) in [5.74, 6) is 0.0435. The molecule has 0 atom stereocenters. The summed E-state index contributed by atoms with van der Waals surface area (Å²) < 4.78 is 5.32. The van der Waals surface area contributed by atoms with Crippen molar-refractivity contribution in [2.24, 2.45) is 5.73 Å². The summed E-state index contributed by atoms with van der Waals surface area (Å²) in [6, 6.07) is 0. The highest BCUT2D eigenvalue weighted by molar-refractivity contribution is 5.85. The third kappa shape index (κ3) is 4.61. The van der Waals surface area contributed by atoms with Gasteiger partial charge in [-0.2, -0.15) is 0 Å². The maximum atomic E-state index is 11.9. The van der Waals surface area contributed by atoms with Crippen LogP contribution in [0.25, 0.3) is 0 Å². The molecule has 1 aliphatic heterocycles. The quantitative estimate of drug-likeness (QED) is 0.685. The van der Waals surface area contributed by atoms with E-state index in [1.54, 1.807) is 13.8 Å². The second-order valence-electron chi connectivity index (χ2n) is 5.05. The highest BCUT2D eigenvalue weighted by Gasteiger charge is 2.29. The molecule has 17 heavy (non-hydrogen) atoms. The van der Waals surface area contributed by atoms with E-state index in [-0.39, 0.29) is 5.91 Å². The van der Waals surface area contributed by atoms with Crippen molar-refractivity contribution in [2.45, 2.75) is 26.3 Å². The Kier molecular flexibility index (Phi) is 5.36. The van der Waals surface area contributed by atoms with Gasteiger partial charge in [0.15, 0.2) is 0 Å². The SMILES string of the molecule is CCOCCN1CCN(C(=O)C(C)(C)N)CC1. The van der Waals surface area contributed by atoms with Crippen LogP contribution in [0.1, 0.15) is 20.8 Å². The highest BCUT2D eigenvalue weighted by atomic mass is 16.5. The molecule has 100 valence electrons. The van der Waals surface area contributed by atoms with Crippen LogP contribution in [-0.4, -0.2) is 67.2 Å². The first kappa shape index (κ1) is 14.4. The van der Waals surface area contributed by atoms with Crippen molar-refractivity contribution in [1.82, 2.24) is 9.80 Å². The minimum Gasteiger partial charge on any atom is -0.380 e. The van der Waals surface area contributed by atoms with Gasteiger partial charge in [-0.1, -0.05) is 0 Å². The van der Waals surface area contributed by atoms with E-state index in [0.717, 1.165) is 45.9 Å². The van der Waals surface area contributed by atoms with Crippen LogP contribution in [0, 0.1) is 0 Å². The number of carbonyl (C=O) groups excluding carboxylic acids is 1. The number of nitrogens with two attached hydrogens (primary N) is 1. The zero-order chi connectivity index (χ0) is 12.9. The largest absolute Gasteiger partial charge is 0.380 e. The predicted molar refractivity (Wildman–Crippen MR) is 67.8 cm³/mol. The molecular weight excluding hydrogens is 218 g/mol. The Labute approximate surface area is 104 Å². The van der Waals surface area contributed by atoms with E-state index in [9.17, 15) is 4.79 Å². The van der Waals surface area contributed by atoms with Crippen LogP contribution >= 0.6 is 0 Å². The van der Waals surface area contributed by atoms with E-state index < -0.39 is 5.54 Å². The minimum absolute atomic E-state index is 0.0435. The fourth-order valence-electron chi connectivity index (χ4n) is 1.92. The first-order valence-electron chi connectivity index (χ1n) is 6.33. The highest BCUT2D eigenvalue weighted by Crippen LogP contribution is 2.08. The van der Waals surface area contributed by atoms with Crippen LogP contribution in [0.15, 0.2) is 0 Å². The van der Waals surface area contributed by atoms with Crippen molar-refractivity contribution in [2.75, 3.05) is 45.9 Å². The Morgan fingerprint density at radius 3 is 2.35 bits per heavy atom. The number of hydrogen-bond acceptors (Lipinski definition) is 4. The van der Waals surface area contributed by atoms with E-state index >= 15 is 0 Å². The van der Waals surface area contributed by atoms with Gasteiger partial charge in [-0.15, -0.1) is 0 Å². The Hall–Kier alpha value is -0.650. The molecule has 1 saturated heterocycles. The zero-order valence-electron chi connectivity index (χ0n) is 11.2. The second kappa shape index (κ2) is 6.33. The summed E-state index contributed by atoms with van der Waals surface area (Å²) in [6.07, 6.45) is 0. The van der Waals surface area contributed by atoms with Crippen LogP contribution in [0.4, 0.5) is 0 Å². The molecule has 0 saturated carbocycles. The molecule has 0 aromatic heterocycles. The zero-order valence-corrected chi connectivity index (χ0v) is 11.2. The molecule has 0 radical (unpaired) electrons. The predicted octanol–water partition coefficient (Wildman–Crippen LogP) is -0.0956. The third-order valence-electron chi connectivity index (χ3n) is 2.97. The van der Waals surface area contributed by atoms with Gasteiger partial charge in [-0.25, -0.2) is 0 Å². The van der Waals surface area contributed by atoms with Crippen LogP contribution in [0.3, 0.4) is 0 Å². The molecule has 1 heterocycles. The lowest BCUT2D eigenvalue weighted by Gasteiger charge is -2.37. The standard InChI is InChI=1S/C12H25N3O2/c1-4-17-10-9-14-5-7-15(8-6-14)11(16)12(2,3)13/h4-10,13H2,1-3H3. The van der Waals surface area contributed by atoms with E-state index in [2.05, 4.69) is 4.90 Å². The van der Waals surface area contributed by atoms with Crippen molar-refractivity contribution in [3.63, 3.8) is 0 Å². The first-order chi connectivity index (χ1) is 7.95. The van der Waals surface area contributed by atoms with Gasteiger partial charge in [0.05, 0.1) is 12.1 Å². The van der Waals surface area contributed by atoms with Gasteiger partial charge < -0.3 is 15.4 Å². The Morgan fingerprint density at radius 1 is 1.29 bits per heavy atom. The number of rotatable bonds is 5. The maximum Gasteiger partial charge on any atom is 0.242 e. The Morgan fingerprint density at radius 2 is 1.88 bits per heavy atom. The summed E-state index contributed by atoms with van der Waals surface area (Å²) in [7, 11) is 0. The normalized spacial score (nSPS) is 18.5. The molecule has 0 spiro atoms. The monoisotopic (exact) mass is 243 g/mol. The molecular formula is C12H25N3O2. The fraction of sp³-hybridized carbons (Fsp3) is 0.917. The van der Waals surface area contributed by atoms with E-state index in [4.69, 9.17) is 10.5 Å². The molecule has 5 heteroatoms. The van der Waals surface area contributed by atoms with Crippen LogP contribution in [0.5, 0.6) is 0 Å². The smallest absolute Gasteiger partial charge is 0.242 e. The maximum absolute atomic E-state index is 11.9. The van der Waals surface area contributed by atoms with Crippen LogP contribution < -0.4 is 5.73 Å². The number of ether oxygens (including phenoxy) is 1. The molecule has 1 amide bonds. The minimum atomic E-state index is -0.756. The molecule has 2 N–H and O–H groups in total. The number of amides is 1.